The summed E-state index contributed by atoms with van der Waals surface area (Å²) >= 11 is 3.44. The Kier molecular flexibility index (Phi) is 5.85. The van der Waals surface area contributed by atoms with Crippen LogP contribution in [0.4, 0.5) is 0 Å². The number of thiazole rings is 1. The van der Waals surface area contributed by atoms with Gasteiger partial charge in [0.2, 0.25) is 0 Å². The summed E-state index contributed by atoms with van der Waals surface area (Å²) in [5.74, 6) is 1.80. The SMILES string of the molecule is c1ccc(-c2nc(-c3c4nc(-c5ccccc5)sc4cc4oc5ccccc5c34)nc(-c3cccc4sc5ccccc5c34)n2)cc1. The monoisotopic (exact) mass is 638 g/mol. The zero-order chi connectivity index (χ0) is 30.9. The predicted octanol–water partition coefficient (Wildman–Crippen LogP) is 11.4. The van der Waals surface area contributed by atoms with E-state index < -0.39 is 0 Å². The molecule has 0 aliphatic rings. The smallest absolute Gasteiger partial charge is 0.167 e. The number of rotatable bonds is 4. The molecule has 0 atom stereocenters. The van der Waals surface area contributed by atoms with Crippen molar-refractivity contribution in [2.24, 2.45) is 0 Å². The second-order valence-corrected chi connectivity index (χ2v) is 13.5. The van der Waals surface area contributed by atoms with Gasteiger partial charge in [-0.05, 0) is 18.2 Å². The molecule has 4 heterocycles. The summed E-state index contributed by atoms with van der Waals surface area (Å²) in [4.78, 5) is 20.9. The molecule has 0 radical (unpaired) electrons. The summed E-state index contributed by atoms with van der Waals surface area (Å²) in [5, 5.41) is 5.24. The number of thiophene rings is 1. The minimum atomic E-state index is 0.567. The van der Waals surface area contributed by atoms with Crippen molar-refractivity contribution in [3.63, 3.8) is 0 Å². The number of benzene rings is 6. The molecule has 0 fully saturated rings. The number of para-hydroxylation sites is 1. The Hall–Kier alpha value is -5.76. The number of furan rings is 1. The van der Waals surface area contributed by atoms with Crippen LogP contribution in [0.2, 0.25) is 0 Å². The molecule has 10 rings (SSSR count). The molecule has 5 nitrogen and oxygen atoms in total. The summed E-state index contributed by atoms with van der Waals surface area (Å²) < 4.78 is 9.92. The van der Waals surface area contributed by atoms with E-state index in [4.69, 9.17) is 24.4 Å². The first kappa shape index (κ1) is 26.5. The molecule has 0 spiro atoms. The van der Waals surface area contributed by atoms with Crippen LogP contribution in [-0.4, -0.2) is 19.9 Å². The average molecular weight is 639 g/mol. The molecular weight excluding hydrogens is 617 g/mol. The Morgan fingerprint density at radius 2 is 1.13 bits per heavy atom. The molecule has 6 aromatic carbocycles. The van der Waals surface area contributed by atoms with E-state index in [1.54, 1.807) is 22.7 Å². The van der Waals surface area contributed by atoms with Crippen molar-refractivity contribution in [3.05, 3.63) is 133 Å². The van der Waals surface area contributed by atoms with Crippen molar-refractivity contribution >= 4 is 75.0 Å². The third-order valence-corrected chi connectivity index (χ3v) is 10.8. The molecule has 0 amide bonds. The van der Waals surface area contributed by atoms with Gasteiger partial charge in [-0.3, -0.25) is 0 Å². The molecular formula is C40H22N4OS2. The topological polar surface area (TPSA) is 64.7 Å². The first-order chi connectivity index (χ1) is 23.3. The van der Waals surface area contributed by atoms with E-state index in [1.165, 1.54) is 14.8 Å². The number of hydrogen-bond acceptors (Lipinski definition) is 7. The molecule has 0 saturated heterocycles. The van der Waals surface area contributed by atoms with Gasteiger partial charge in [0.25, 0.3) is 0 Å². The lowest BCUT2D eigenvalue weighted by Gasteiger charge is -2.11. The van der Waals surface area contributed by atoms with Crippen LogP contribution in [0.25, 0.3) is 97.1 Å². The van der Waals surface area contributed by atoms with Gasteiger partial charge >= 0.3 is 0 Å². The first-order valence-electron chi connectivity index (χ1n) is 15.3. The summed E-state index contributed by atoms with van der Waals surface area (Å²) in [6.07, 6.45) is 0. The van der Waals surface area contributed by atoms with Crippen LogP contribution in [0.3, 0.4) is 0 Å². The Labute approximate surface area is 276 Å². The second-order valence-electron chi connectivity index (χ2n) is 11.4. The van der Waals surface area contributed by atoms with E-state index in [0.29, 0.717) is 17.5 Å². The highest BCUT2D eigenvalue weighted by Crippen LogP contribution is 2.45. The summed E-state index contributed by atoms with van der Waals surface area (Å²) in [7, 11) is 0. The molecule has 4 aromatic heterocycles. The minimum Gasteiger partial charge on any atom is -0.456 e. The number of hydrogen-bond donors (Lipinski definition) is 0. The Morgan fingerprint density at radius 1 is 0.447 bits per heavy atom. The lowest BCUT2D eigenvalue weighted by molar-refractivity contribution is 0.669. The highest BCUT2D eigenvalue weighted by molar-refractivity contribution is 7.26. The van der Waals surface area contributed by atoms with Gasteiger partial charge in [0.15, 0.2) is 17.5 Å². The van der Waals surface area contributed by atoms with Crippen molar-refractivity contribution in [1.82, 2.24) is 19.9 Å². The zero-order valence-electron chi connectivity index (χ0n) is 24.7. The molecule has 7 heteroatoms. The van der Waals surface area contributed by atoms with Gasteiger partial charge in [-0.2, -0.15) is 0 Å². The van der Waals surface area contributed by atoms with Gasteiger partial charge in [-0.25, -0.2) is 19.9 Å². The fourth-order valence-corrected chi connectivity index (χ4v) is 8.62. The number of aromatic nitrogens is 4. The van der Waals surface area contributed by atoms with Crippen molar-refractivity contribution in [3.8, 4) is 44.7 Å². The summed E-state index contributed by atoms with van der Waals surface area (Å²) in [5.41, 5.74) is 6.27. The maximum absolute atomic E-state index is 6.47. The van der Waals surface area contributed by atoms with E-state index in [9.17, 15) is 0 Å². The molecule has 0 bridgehead atoms. The van der Waals surface area contributed by atoms with Crippen LogP contribution in [0, 0.1) is 0 Å². The Balaban J connectivity index is 1.33. The highest BCUT2D eigenvalue weighted by Gasteiger charge is 2.24. The van der Waals surface area contributed by atoms with E-state index in [-0.39, 0.29) is 0 Å². The number of nitrogens with zero attached hydrogens (tertiary/aromatic N) is 4. The second kappa shape index (κ2) is 10.4. The maximum atomic E-state index is 6.47. The van der Waals surface area contributed by atoms with E-state index in [1.807, 2.05) is 66.7 Å². The van der Waals surface area contributed by atoms with E-state index in [0.717, 1.165) is 64.8 Å². The zero-order valence-corrected chi connectivity index (χ0v) is 26.3. The Bertz CT molecular complexity index is 2800. The maximum Gasteiger partial charge on any atom is 0.167 e. The van der Waals surface area contributed by atoms with Crippen LogP contribution in [0.5, 0.6) is 0 Å². The van der Waals surface area contributed by atoms with Crippen molar-refractivity contribution in [2.75, 3.05) is 0 Å². The number of fused-ring (bicyclic) bond motifs is 7. The van der Waals surface area contributed by atoms with Crippen LogP contribution in [0.1, 0.15) is 0 Å². The summed E-state index contributed by atoms with van der Waals surface area (Å²) in [6, 6.07) is 45.6. The minimum absolute atomic E-state index is 0.567. The third kappa shape index (κ3) is 4.21. The van der Waals surface area contributed by atoms with Gasteiger partial charge < -0.3 is 4.42 Å². The van der Waals surface area contributed by atoms with Crippen LogP contribution in [-0.2, 0) is 0 Å². The van der Waals surface area contributed by atoms with Crippen LogP contribution >= 0.6 is 22.7 Å². The Morgan fingerprint density at radius 3 is 1.98 bits per heavy atom. The normalized spacial score (nSPS) is 11.8. The molecule has 0 N–H and O–H groups in total. The van der Waals surface area contributed by atoms with Crippen molar-refractivity contribution in [1.29, 1.82) is 0 Å². The average Bonchev–Trinajstić information content (AvgIpc) is 3.84. The quantitative estimate of drug-likeness (QED) is 0.192. The van der Waals surface area contributed by atoms with Crippen molar-refractivity contribution < 1.29 is 4.42 Å². The highest BCUT2D eigenvalue weighted by atomic mass is 32.1. The lowest BCUT2D eigenvalue weighted by atomic mass is 10.0. The van der Waals surface area contributed by atoms with Crippen LogP contribution < -0.4 is 0 Å². The van der Waals surface area contributed by atoms with Gasteiger partial charge in [0.1, 0.15) is 16.2 Å². The first-order valence-corrected chi connectivity index (χ1v) is 16.9. The van der Waals surface area contributed by atoms with Crippen molar-refractivity contribution in [2.45, 2.75) is 0 Å². The predicted molar refractivity (Wildman–Crippen MR) is 195 cm³/mol. The van der Waals surface area contributed by atoms with Gasteiger partial charge in [-0.1, -0.05) is 109 Å². The molecule has 47 heavy (non-hydrogen) atoms. The summed E-state index contributed by atoms with van der Waals surface area (Å²) in [6.45, 7) is 0. The lowest BCUT2D eigenvalue weighted by Crippen LogP contribution is -2.01. The fourth-order valence-electron chi connectivity index (χ4n) is 6.48. The molecule has 0 aliphatic carbocycles. The van der Waals surface area contributed by atoms with E-state index in [2.05, 4.69) is 66.7 Å². The fraction of sp³-hybridized carbons (Fsp3) is 0. The largest absolute Gasteiger partial charge is 0.456 e. The standard InChI is InChI=1S/C40H22N4OS2/c1-3-12-23(13-4-1)37-42-38(27-18-11-21-31-33(27)26-17-8-10-20-30(26)46-31)44-39(43-37)35-34-25-16-7-9-19-28(25)45-29(34)22-32-36(35)41-40(47-32)24-14-5-2-6-15-24/h1-22H. The van der Waals surface area contributed by atoms with Gasteiger partial charge in [0.05, 0.1) is 15.8 Å². The molecule has 220 valence electrons. The molecule has 10 aromatic rings. The van der Waals surface area contributed by atoms with Crippen LogP contribution in [0.15, 0.2) is 138 Å². The van der Waals surface area contributed by atoms with Gasteiger partial charge in [-0.15, -0.1) is 22.7 Å². The molecule has 0 saturated carbocycles. The third-order valence-electron chi connectivity index (χ3n) is 8.58. The van der Waals surface area contributed by atoms with Gasteiger partial charge in [0, 0.05) is 53.7 Å². The molecule has 0 unspecified atom stereocenters. The van der Waals surface area contributed by atoms with E-state index >= 15 is 0 Å². The molecule has 0 aliphatic heterocycles.